The topological polar surface area (TPSA) is 96.0 Å². The summed E-state index contributed by atoms with van der Waals surface area (Å²) < 4.78 is 34.6. The van der Waals surface area contributed by atoms with Gasteiger partial charge in [0.2, 0.25) is 11.8 Å². The molecule has 0 spiro atoms. The third kappa shape index (κ3) is 8.99. The lowest BCUT2D eigenvalue weighted by molar-refractivity contribution is -0.140. The smallest absolute Gasteiger partial charge is 0.264 e. The van der Waals surface area contributed by atoms with Gasteiger partial charge >= 0.3 is 0 Å². The summed E-state index contributed by atoms with van der Waals surface area (Å²) in [7, 11) is -2.86. The number of amides is 2. The van der Waals surface area contributed by atoms with Crippen molar-refractivity contribution in [3.63, 3.8) is 0 Å². The van der Waals surface area contributed by atoms with Crippen molar-refractivity contribution in [2.45, 2.75) is 50.2 Å². The molecule has 0 radical (unpaired) electrons. The predicted octanol–water partition coefficient (Wildman–Crippen LogP) is 7.41. The molecule has 0 aromatic heterocycles. The number of hydrogen-bond donors (Lipinski definition) is 1. The quantitative estimate of drug-likeness (QED) is 0.147. The zero-order valence-corrected chi connectivity index (χ0v) is 29.3. The van der Waals surface area contributed by atoms with Crippen LogP contribution in [0.3, 0.4) is 0 Å². The molecule has 8 nitrogen and oxygen atoms in total. The van der Waals surface area contributed by atoms with Crippen molar-refractivity contribution in [3.8, 4) is 5.75 Å². The van der Waals surface area contributed by atoms with Crippen LogP contribution < -0.4 is 14.4 Å². The maximum atomic E-state index is 14.6. The number of nitrogens with one attached hydrogen (secondary N) is 1. The van der Waals surface area contributed by atoms with Crippen molar-refractivity contribution < 1.29 is 22.7 Å². The molecular weight excluding hydrogens is 681 g/mol. The van der Waals surface area contributed by atoms with E-state index in [-0.39, 0.29) is 34.6 Å². The highest BCUT2D eigenvalue weighted by Gasteiger charge is 2.35. The summed E-state index contributed by atoms with van der Waals surface area (Å²) in [6, 6.07) is 25.2. The van der Waals surface area contributed by atoms with E-state index in [0.717, 1.165) is 9.87 Å². The molecule has 4 rings (SSSR count). The maximum absolute atomic E-state index is 14.6. The largest absolute Gasteiger partial charge is 0.495 e. The Morgan fingerprint density at radius 2 is 1.47 bits per heavy atom. The van der Waals surface area contributed by atoms with E-state index in [2.05, 4.69) is 5.32 Å². The van der Waals surface area contributed by atoms with Gasteiger partial charge in [0, 0.05) is 34.6 Å². The Kier molecular flexibility index (Phi) is 12.6. The summed E-state index contributed by atoms with van der Waals surface area (Å²) in [4.78, 5) is 29.9. The number of ether oxygens (including phenoxy) is 1. The Morgan fingerprint density at radius 3 is 2.04 bits per heavy atom. The molecule has 0 aliphatic rings. The van der Waals surface area contributed by atoms with E-state index in [1.54, 1.807) is 36.4 Å². The van der Waals surface area contributed by atoms with Crippen molar-refractivity contribution in [1.82, 2.24) is 10.2 Å². The second-order valence-corrected chi connectivity index (χ2v) is 14.0. The van der Waals surface area contributed by atoms with Crippen molar-refractivity contribution in [2.24, 2.45) is 0 Å². The second kappa shape index (κ2) is 16.4. The fourth-order valence-corrected chi connectivity index (χ4v) is 7.10. The SMILES string of the molecule is CC[C@@H](C)NC(=O)[C@H](Cc1ccccc1)N(Cc1c(Cl)cccc1Cl)C(=O)CN(c1ccc(OC)c(Cl)c1)S(=O)(=O)c1ccccc1. The van der Waals surface area contributed by atoms with E-state index in [9.17, 15) is 18.0 Å². The van der Waals surface area contributed by atoms with Crippen LogP contribution in [-0.4, -0.2) is 50.9 Å². The first-order chi connectivity index (χ1) is 22.5. The zero-order valence-electron chi connectivity index (χ0n) is 26.2. The lowest BCUT2D eigenvalue weighted by Crippen LogP contribution is -2.54. The first-order valence-corrected chi connectivity index (χ1v) is 17.5. The number of sulfonamides is 1. The number of carbonyl (C=O) groups excluding carboxylic acids is 2. The van der Waals surface area contributed by atoms with E-state index in [0.29, 0.717) is 27.8 Å². The molecule has 0 saturated carbocycles. The minimum atomic E-state index is -4.30. The van der Waals surface area contributed by atoms with Crippen LogP contribution in [0.15, 0.2) is 102 Å². The minimum Gasteiger partial charge on any atom is -0.495 e. The van der Waals surface area contributed by atoms with Crippen LogP contribution in [0.1, 0.15) is 31.4 Å². The Morgan fingerprint density at radius 1 is 0.851 bits per heavy atom. The normalized spacial score (nSPS) is 12.6. The van der Waals surface area contributed by atoms with Gasteiger partial charge in [-0.2, -0.15) is 0 Å². The van der Waals surface area contributed by atoms with E-state index in [1.807, 2.05) is 44.2 Å². The van der Waals surface area contributed by atoms with E-state index < -0.39 is 34.4 Å². The van der Waals surface area contributed by atoms with E-state index in [1.165, 1.54) is 42.3 Å². The average Bonchev–Trinajstić information content (AvgIpc) is 3.06. The van der Waals surface area contributed by atoms with Gasteiger partial charge in [-0.1, -0.05) is 96.3 Å². The van der Waals surface area contributed by atoms with Gasteiger partial charge < -0.3 is 15.0 Å². The van der Waals surface area contributed by atoms with E-state index in [4.69, 9.17) is 39.5 Å². The Hall–Kier alpha value is -3.76. The molecular formula is C35H36Cl3N3O5S. The van der Waals surface area contributed by atoms with Crippen LogP contribution in [0.5, 0.6) is 5.75 Å². The van der Waals surface area contributed by atoms with Crippen molar-refractivity contribution >= 4 is 62.3 Å². The number of nitrogens with zero attached hydrogens (tertiary/aromatic N) is 2. The highest BCUT2D eigenvalue weighted by Crippen LogP contribution is 2.33. The Bertz CT molecular complexity index is 1770. The Balaban J connectivity index is 1.86. The standard InChI is InChI=1S/C35H36Cl3N3O5S/c1-4-24(2)39-35(43)32(20-25-12-7-5-8-13-25)40(22-28-29(36)16-11-17-30(28)37)34(42)23-41(26-18-19-33(46-3)31(38)21-26)47(44,45)27-14-9-6-10-15-27/h5-19,21,24,32H,4,20,22-23H2,1-3H3,(H,39,43)/t24-,32+/m1/s1. The van der Waals surface area contributed by atoms with Crippen LogP contribution >= 0.6 is 34.8 Å². The molecule has 0 aliphatic carbocycles. The number of methoxy groups -OCH3 is 1. The Labute approximate surface area is 291 Å². The molecule has 12 heteroatoms. The number of anilines is 1. The molecule has 4 aromatic carbocycles. The molecule has 47 heavy (non-hydrogen) atoms. The van der Waals surface area contributed by atoms with Crippen molar-refractivity contribution in [1.29, 1.82) is 0 Å². The third-order valence-corrected chi connectivity index (χ3v) is 10.5. The monoisotopic (exact) mass is 715 g/mol. The highest BCUT2D eigenvalue weighted by atomic mass is 35.5. The lowest BCUT2D eigenvalue weighted by Gasteiger charge is -2.34. The number of rotatable bonds is 14. The zero-order chi connectivity index (χ0) is 34.1. The van der Waals surface area contributed by atoms with Crippen molar-refractivity contribution in [2.75, 3.05) is 18.0 Å². The molecule has 0 heterocycles. The summed E-state index contributed by atoms with van der Waals surface area (Å²) in [6.07, 6.45) is 0.812. The summed E-state index contributed by atoms with van der Waals surface area (Å²) >= 11 is 19.6. The second-order valence-electron chi connectivity index (χ2n) is 10.9. The summed E-state index contributed by atoms with van der Waals surface area (Å²) in [5.41, 5.74) is 1.35. The van der Waals surface area contributed by atoms with E-state index >= 15 is 0 Å². The summed E-state index contributed by atoms with van der Waals surface area (Å²) in [6.45, 7) is 2.99. The van der Waals surface area contributed by atoms with Gasteiger partial charge in [0.15, 0.2) is 0 Å². The number of hydrogen-bond acceptors (Lipinski definition) is 5. The van der Waals surface area contributed by atoms with Gasteiger partial charge in [0.1, 0.15) is 18.3 Å². The fourth-order valence-electron chi connectivity index (χ4n) is 4.91. The molecule has 4 aromatic rings. The molecule has 248 valence electrons. The highest BCUT2D eigenvalue weighted by molar-refractivity contribution is 7.92. The van der Waals surface area contributed by atoms with Gasteiger partial charge in [0.25, 0.3) is 10.0 Å². The molecule has 2 amide bonds. The average molecular weight is 717 g/mol. The number of benzene rings is 4. The van der Waals surface area contributed by atoms with Crippen LogP contribution in [0.25, 0.3) is 0 Å². The van der Waals surface area contributed by atoms with Crippen LogP contribution in [0.4, 0.5) is 5.69 Å². The van der Waals surface area contributed by atoms with Gasteiger partial charge in [-0.25, -0.2) is 8.42 Å². The number of halogens is 3. The third-order valence-electron chi connectivity index (χ3n) is 7.70. The number of carbonyl (C=O) groups is 2. The van der Waals surface area contributed by atoms with Gasteiger partial charge in [0.05, 0.1) is 22.7 Å². The van der Waals surface area contributed by atoms with Crippen molar-refractivity contribution in [3.05, 3.63) is 123 Å². The lowest BCUT2D eigenvalue weighted by atomic mass is 10.0. The molecule has 0 saturated heterocycles. The maximum Gasteiger partial charge on any atom is 0.264 e. The predicted molar refractivity (Wildman–Crippen MR) is 188 cm³/mol. The molecule has 0 bridgehead atoms. The van der Waals surface area contributed by atoms with Gasteiger partial charge in [-0.3, -0.25) is 13.9 Å². The molecule has 1 N–H and O–H groups in total. The molecule has 0 aliphatic heterocycles. The molecule has 2 atom stereocenters. The molecule has 0 fully saturated rings. The molecule has 0 unspecified atom stereocenters. The van der Waals surface area contributed by atoms with Crippen LogP contribution in [0, 0.1) is 0 Å². The minimum absolute atomic E-state index is 0.0317. The summed E-state index contributed by atoms with van der Waals surface area (Å²) in [5.74, 6) is -0.726. The first-order valence-electron chi connectivity index (χ1n) is 14.9. The van der Waals surface area contributed by atoms with Crippen LogP contribution in [0.2, 0.25) is 15.1 Å². The fraction of sp³-hybridized carbons (Fsp3) is 0.257. The van der Waals surface area contributed by atoms with Crippen LogP contribution in [-0.2, 0) is 32.6 Å². The summed E-state index contributed by atoms with van der Waals surface area (Å²) in [5, 5.41) is 3.75. The first kappa shape index (κ1) is 36.1. The van der Waals surface area contributed by atoms with Gasteiger partial charge in [-0.05, 0) is 61.4 Å². The van der Waals surface area contributed by atoms with Gasteiger partial charge in [-0.15, -0.1) is 0 Å².